The Morgan fingerprint density at radius 2 is 0.500 bits per heavy atom. The van der Waals surface area contributed by atoms with Gasteiger partial charge in [-0.1, -0.05) is 121 Å². The zero-order valence-corrected chi connectivity index (χ0v) is 27.8. The lowest BCUT2D eigenvalue weighted by Crippen LogP contribution is -2.54. The van der Waals surface area contributed by atoms with Crippen molar-refractivity contribution in [2.24, 2.45) is 11.8 Å². The van der Waals surface area contributed by atoms with Gasteiger partial charge in [-0.05, 0) is 55.6 Å². The van der Waals surface area contributed by atoms with Crippen LogP contribution in [0.25, 0.3) is 0 Å². The van der Waals surface area contributed by atoms with Crippen molar-refractivity contribution in [3.05, 3.63) is 210 Å². The van der Waals surface area contributed by atoms with Crippen LogP contribution < -0.4 is 0 Å². The molecule has 0 radical (unpaired) electrons. The van der Waals surface area contributed by atoms with Gasteiger partial charge in [0.05, 0.1) is 0 Å². The lowest BCUT2D eigenvalue weighted by atomic mass is 9.44. The minimum absolute atomic E-state index is 0.0319. The Morgan fingerprint density at radius 1 is 0.269 bits per heavy atom. The minimum atomic E-state index is -0.758. The van der Waals surface area contributed by atoms with Crippen molar-refractivity contribution in [2.75, 3.05) is 0 Å². The van der Waals surface area contributed by atoms with Crippen LogP contribution in [0.1, 0.15) is 91.1 Å². The summed E-state index contributed by atoms with van der Waals surface area (Å²) in [5.41, 5.74) is 13.4. The third kappa shape index (κ3) is 2.85. The molecule has 5 aromatic carbocycles. The van der Waals surface area contributed by atoms with Crippen LogP contribution in [0.15, 0.2) is 155 Å². The van der Waals surface area contributed by atoms with Crippen LogP contribution in [0.4, 0.5) is 0 Å². The first-order valence-electron chi connectivity index (χ1n) is 18.4. The smallest absolute Gasteiger partial charge is 0.187 e. The van der Waals surface area contributed by atoms with E-state index in [1.807, 2.05) is 72.8 Å². The molecule has 0 aliphatic heterocycles. The molecular formula is C48H28O4. The first-order chi connectivity index (χ1) is 25.6. The topological polar surface area (TPSA) is 68.3 Å². The van der Waals surface area contributed by atoms with Crippen molar-refractivity contribution >= 4 is 23.1 Å². The molecule has 11 aliphatic carbocycles. The lowest BCUT2D eigenvalue weighted by molar-refractivity contribution is -0.133. The summed E-state index contributed by atoms with van der Waals surface area (Å²) in [7, 11) is 0. The third-order valence-corrected chi connectivity index (χ3v) is 14.0. The third-order valence-electron chi connectivity index (χ3n) is 14.0. The zero-order valence-electron chi connectivity index (χ0n) is 27.8. The number of allylic oxidation sites excluding steroid dienone is 6. The van der Waals surface area contributed by atoms with E-state index < -0.39 is 23.7 Å². The predicted molar refractivity (Wildman–Crippen MR) is 193 cm³/mol. The zero-order chi connectivity index (χ0) is 34.3. The predicted octanol–water partition coefficient (Wildman–Crippen LogP) is 7.89. The molecule has 0 heterocycles. The normalized spacial score (nSPS) is 30.2. The van der Waals surface area contributed by atoms with E-state index in [2.05, 4.69) is 48.5 Å². The van der Waals surface area contributed by atoms with Crippen molar-refractivity contribution in [1.29, 1.82) is 0 Å². The van der Waals surface area contributed by atoms with E-state index in [0.717, 1.165) is 55.6 Å². The maximum Gasteiger partial charge on any atom is 0.187 e. The van der Waals surface area contributed by atoms with Gasteiger partial charge in [0.15, 0.2) is 23.1 Å². The Bertz CT molecular complexity index is 2480. The fraction of sp³-hybridized carbons (Fsp3) is 0.167. The molecule has 4 atom stereocenters. The highest BCUT2D eigenvalue weighted by atomic mass is 16.2. The van der Waals surface area contributed by atoms with Gasteiger partial charge in [-0.2, -0.15) is 0 Å². The van der Waals surface area contributed by atoms with Crippen molar-refractivity contribution in [3.8, 4) is 0 Å². The van der Waals surface area contributed by atoms with Crippen LogP contribution in [0, 0.1) is 11.8 Å². The molecule has 16 rings (SSSR count). The standard InChI is InChI=1S/C48H28O4/c49-45-37-31-21-11-1-2-12-22(21)32(24-14-4-3-13-23(24)31)38(37)46(50)42-36-30-20-10-9-19-29(30)35(41(42)45)43-44(36)48(52)40-34-27-17-7-5-15-25(27)33(39(40)47(43)51)26-16-6-8-18-28(26)34/h1-20,31-38H/t31?,32?,33?,34?,35-,36+,37+,38-. The Balaban J connectivity index is 1.05. The van der Waals surface area contributed by atoms with Crippen LogP contribution in [-0.2, 0) is 19.2 Å². The number of carbonyl (C=O) groups excluding carboxylic acids is 4. The molecule has 0 saturated heterocycles. The summed E-state index contributed by atoms with van der Waals surface area (Å²) in [6.45, 7) is 0. The van der Waals surface area contributed by atoms with Crippen molar-refractivity contribution in [2.45, 2.75) is 35.5 Å². The molecular weight excluding hydrogens is 641 g/mol. The van der Waals surface area contributed by atoms with Gasteiger partial charge in [-0.3, -0.25) is 19.2 Å². The number of carbonyl (C=O) groups is 4. The van der Waals surface area contributed by atoms with Gasteiger partial charge in [-0.15, -0.1) is 0 Å². The Kier molecular flexibility index (Phi) is 4.83. The van der Waals surface area contributed by atoms with Crippen molar-refractivity contribution in [1.82, 2.24) is 0 Å². The molecule has 0 spiro atoms. The first kappa shape index (κ1) is 27.7. The molecule has 52 heavy (non-hydrogen) atoms. The number of hydrogen-bond acceptors (Lipinski definition) is 4. The molecule has 4 nitrogen and oxygen atoms in total. The molecule has 6 bridgehead atoms. The van der Waals surface area contributed by atoms with E-state index in [4.69, 9.17) is 0 Å². The van der Waals surface area contributed by atoms with Gasteiger partial charge >= 0.3 is 0 Å². The maximum atomic E-state index is 15.5. The van der Waals surface area contributed by atoms with E-state index >= 15 is 19.2 Å². The Hall–Kier alpha value is -6.00. The number of hydrogen-bond donors (Lipinski definition) is 0. The van der Waals surface area contributed by atoms with Gasteiger partial charge in [0.25, 0.3) is 0 Å². The monoisotopic (exact) mass is 668 g/mol. The Morgan fingerprint density at radius 3 is 0.788 bits per heavy atom. The second-order valence-electron chi connectivity index (χ2n) is 15.8. The summed E-state index contributed by atoms with van der Waals surface area (Å²) in [6, 6.07) is 40.9. The summed E-state index contributed by atoms with van der Waals surface area (Å²) < 4.78 is 0. The van der Waals surface area contributed by atoms with E-state index in [1.165, 1.54) is 0 Å². The summed E-state index contributed by atoms with van der Waals surface area (Å²) in [6.07, 6.45) is 0. The fourth-order valence-electron chi connectivity index (χ4n) is 12.4. The summed E-state index contributed by atoms with van der Waals surface area (Å²) in [5, 5.41) is 0. The van der Waals surface area contributed by atoms with Gasteiger partial charge in [0.1, 0.15) is 0 Å². The van der Waals surface area contributed by atoms with E-state index in [1.54, 1.807) is 0 Å². The molecule has 244 valence electrons. The van der Waals surface area contributed by atoms with E-state index in [0.29, 0.717) is 33.4 Å². The summed E-state index contributed by atoms with van der Waals surface area (Å²) >= 11 is 0. The highest BCUT2D eigenvalue weighted by Crippen LogP contribution is 2.68. The molecule has 5 aromatic rings. The van der Waals surface area contributed by atoms with Gasteiger partial charge in [-0.25, -0.2) is 0 Å². The highest BCUT2D eigenvalue weighted by molar-refractivity contribution is 6.32. The number of rotatable bonds is 0. The van der Waals surface area contributed by atoms with Crippen LogP contribution >= 0.6 is 0 Å². The minimum Gasteiger partial charge on any atom is -0.294 e. The lowest BCUT2D eigenvalue weighted by Gasteiger charge is -2.55. The second-order valence-corrected chi connectivity index (χ2v) is 15.8. The average molecular weight is 669 g/mol. The van der Waals surface area contributed by atoms with Crippen LogP contribution in [0.5, 0.6) is 0 Å². The molecule has 0 amide bonds. The molecule has 0 aromatic heterocycles. The molecule has 4 heteroatoms. The number of Topliss-reactive ketones (excluding diaryl/α,β-unsaturated/α-hetero) is 4. The van der Waals surface area contributed by atoms with E-state index in [9.17, 15) is 0 Å². The summed E-state index contributed by atoms with van der Waals surface area (Å²) in [5.74, 6) is -4.21. The molecule has 0 unspecified atom stereocenters. The van der Waals surface area contributed by atoms with Crippen LogP contribution in [-0.4, -0.2) is 23.1 Å². The fourth-order valence-corrected chi connectivity index (χ4v) is 12.4. The largest absolute Gasteiger partial charge is 0.294 e. The van der Waals surface area contributed by atoms with Gasteiger partial charge < -0.3 is 0 Å². The van der Waals surface area contributed by atoms with Crippen LogP contribution in [0.3, 0.4) is 0 Å². The van der Waals surface area contributed by atoms with Gasteiger partial charge in [0, 0.05) is 80.8 Å². The van der Waals surface area contributed by atoms with Crippen LogP contribution in [0.2, 0.25) is 0 Å². The van der Waals surface area contributed by atoms with Crippen molar-refractivity contribution in [3.63, 3.8) is 0 Å². The molecule has 0 fully saturated rings. The van der Waals surface area contributed by atoms with E-state index in [-0.39, 0.29) is 46.8 Å². The van der Waals surface area contributed by atoms with Crippen molar-refractivity contribution < 1.29 is 19.2 Å². The second kappa shape index (κ2) is 9.07. The quantitative estimate of drug-likeness (QED) is 0.158. The first-order valence-corrected chi connectivity index (χ1v) is 18.4. The molecule has 0 N–H and O–H groups in total. The molecule has 11 aliphatic rings. The SMILES string of the molecule is O=C1C2=C(C(=O)C3=C1[C@@H]1C4=C(C(=O)[C@H]5C6c7ccccc7C(c7ccccc76)[C@H]5C4=O)[C@H]3c3ccccc31)C1c3ccccc3C2c2ccccc21. The summed E-state index contributed by atoms with van der Waals surface area (Å²) in [4.78, 5) is 61.9. The Labute approximate surface area is 299 Å². The number of benzene rings is 5. The van der Waals surface area contributed by atoms with Gasteiger partial charge in [0.2, 0.25) is 0 Å². The number of ketones is 4. The highest BCUT2D eigenvalue weighted by Gasteiger charge is 2.65. The average Bonchev–Trinajstić information content (AvgIpc) is 3.20. The maximum absolute atomic E-state index is 15.5. The molecule has 0 saturated carbocycles.